The van der Waals surface area contributed by atoms with Crippen molar-refractivity contribution >= 4 is 11.6 Å². The van der Waals surface area contributed by atoms with E-state index in [1.54, 1.807) is 6.20 Å². The largest absolute Gasteiger partial charge is 0.486 e. The number of ether oxygens (including phenoxy) is 1. The molecule has 0 saturated carbocycles. The molecule has 0 radical (unpaired) electrons. The van der Waals surface area contributed by atoms with Crippen LogP contribution in [-0.4, -0.2) is 22.3 Å². The third-order valence-electron chi connectivity index (χ3n) is 1.71. The Labute approximate surface area is 89.3 Å². The van der Waals surface area contributed by atoms with Gasteiger partial charge in [-0.25, -0.2) is 0 Å². The number of rotatable bonds is 5. The summed E-state index contributed by atoms with van der Waals surface area (Å²) in [5.74, 6) is 1.31. The third kappa shape index (κ3) is 3.42. The fraction of sp³-hybridized carbons (Fsp3) is 0.500. The van der Waals surface area contributed by atoms with Gasteiger partial charge in [0.2, 0.25) is 0 Å². The third-order valence-corrected chi connectivity index (χ3v) is 1.89. The predicted octanol–water partition coefficient (Wildman–Crippen LogP) is 2.64. The van der Waals surface area contributed by atoms with Crippen LogP contribution in [0.1, 0.15) is 19.9 Å². The van der Waals surface area contributed by atoms with Gasteiger partial charge in [-0.05, 0) is 13.8 Å². The van der Waals surface area contributed by atoms with Crippen molar-refractivity contribution in [3.05, 3.63) is 24.5 Å². The molecule has 0 aliphatic heterocycles. The maximum absolute atomic E-state index is 5.47. The SMILES string of the molecule is CC(C)n1cc(OC/C=C/CCl)cn1. The molecule has 0 N–H and O–H groups in total. The topological polar surface area (TPSA) is 27.1 Å². The van der Waals surface area contributed by atoms with Crippen molar-refractivity contribution in [3.8, 4) is 5.75 Å². The van der Waals surface area contributed by atoms with Gasteiger partial charge in [0.1, 0.15) is 6.61 Å². The zero-order valence-corrected chi connectivity index (χ0v) is 9.24. The van der Waals surface area contributed by atoms with Gasteiger partial charge in [-0.3, -0.25) is 4.68 Å². The Balaban J connectivity index is 2.40. The number of alkyl halides is 1. The highest BCUT2D eigenvalue weighted by atomic mass is 35.5. The molecule has 0 atom stereocenters. The summed E-state index contributed by atoms with van der Waals surface area (Å²) in [6, 6.07) is 0.366. The maximum atomic E-state index is 5.47. The van der Waals surface area contributed by atoms with Crippen LogP contribution < -0.4 is 4.74 Å². The van der Waals surface area contributed by atoms with E-state index in [2.05, 4.69) is 18.9 Å². The van der Waals surface area contributed by atoms with Gasteiger partial charge in [0.25, 0.3) is 0 Å². The number of allylic oxidation sites excluding steroid dienone is 1. The standard InChI is InChI=1S/C10H15ClN2O/c1-9(2)13-8-10(7-12-13)14-6-4-3-5-11/h3-4,7-9H,5-6H2,1-2H3/b4-3+. The highest BCUT2D eigenvalue weighted by Crippen LogP contribution is 2.11. The van der Waals surface area contributed by atoms with Gasteiger partial charge in [-0.15, -0.1) is 11.6 Å². The number of halogens is 1. The highest BCUT2D eigenvalue weighted by Gasteiger charge is 2.00. The molecular formula is C10H15ClN2O. The summed E-state index contributed by atoms with van der Waals surface area (Å²) in [5, 5.41) is 4.16. The van der Waals surface area contributed by atoms with Gasteiger partial charge in [0, 0.05) is 11.9 Å². The van der Waals surface area contributed by atoms with Crippen LogP contribution in [0.4, 0.5) is 0 Å². The summed E-state index contributed by atoms with van der Waals surface area (Å²) < 4.78 is 7.27. The molecule has 1 aromatic rings. The molecule has 3 nitrogen and oxygen atoms in total. The Morgan fingerprint density at radius 1 is 1.57 bits per heavy atom. The molecule has 0 bridgehead atoms. The van der Waals surface area contributed by atoms with Crippen LogP contribution in [0.3, 0.4) is 0 Å². The Bertz CT molecular complexity index is 294. The monoisotopic (exact) mass is 214 g/mol. The van der Waals surface area contributed by atoms with E-state index in [9.17, 15) is 0 Å². The second-order valence-corrected chi connectivity index (χ2v) is 3.50. The van der Waals surface area contributed by atoms with Crippen LogP contribution in [0.5, 0.6) is 5.75 Å². The molecule has 78 valence electrons. The molecule has 4 heteroatoms. The van der Waals surface area contributed by atoms with Crippen LogP contribution in [0.2, 0.25) is 0 Å². The second-order valence-electron chi connectivity index (χ2n) is 3.19. The zero-order valence-electron chi connectivity index (χ0n) is 8.48. The summed E-state index contributed by atoms with van der Waals surface area (Å²) in [6.45, 7) is 4.69. The Morgan fingerprint density at radius 2 is 2.36 bits per heavy atom. The Morgan fingerprint density at radius 3 is 2.93 bits per heavy atom. The molecule has 1 rings (SSSR count). The lowest BCUT2D eigenvalue weighted by Gasteiger charge is -2.02. The van der Waals surface area contributed by atoms with E-state index in [0.717, 1.165) is 5.75 Å². The molecule has 0 aliphatic carbocycles. The minimum absolute atomic E-state index is 0.366. The van der Waals surface area contributed by atoms with Crippen molar-refractivity contribution in [2.45, 2.75) is 19.9 Å². The average Bonchev–Trinajstić information content (AvgIpc) is 2.61. The first kappa shape index (κ1) is 11.1. The average molecular weight is 215 g/mol. The summed E-state index contributed by atoms with van der Waals surface area (Å²) >= 11 is 5.47. The van der Waals surface area contributed by atoms with E-state index >= 15 is 0 Å². The smallest absolute Gasteiger partial charge is 0.157 e. The van der Waals surface area contributed by atoms with Crippen molar-refractivity contribution in [3.63, 3.8) is 0 Å². The molecule has 0 amide bonds. The van der Waals surface area contributed by atoms with Gasteiger partial charge in [-0.2, -0.15) is 5.10 Å². The normalized spacial score (nSPS) is 11.4. The number of nitrogens with zero attached hydrogens (tertiary/aromatic N) is 2. The lowest BCUT2D eigenvalue weighted by Crippen LogP contribution is -2.00. The summed E-state index contributed by atoms with van der Waals surface area (Å²) in [6.07, 6.45) is 7.35. The van der Waals surface area contributed by atoms with Gasteiger partial charge in [-0.1, -0.05) is 12.2 Å². The zero-order chi connectivity index (χ0) is 10.4. The summed E-state index contributed by atoms with van der Waals surface area (Å²) in [7, 11) is 0. The fourth-order valence-electron chi connectivity index (χ4n) is 0.953. The number of hydrogen-bond acceptors (Lipinski definition) is 2. The van der Waals surface area contributed by atoms with Gasteiger partial charge in [0.05, 0.1) is 12.4 Å². The first-order valence-corrected chi connectivity index (χ1v) is 5.15. The van der Waals surface area contributed by atoms with Gasteiger partial charge in [0.15, 0.2) is 5.75 Å². The second kappa shape index (κ2) is 5.70. The van der Waals surface area contributed by atoms with Crippen LogP contribution in [-0.2, 0) is 0 Å². The minimum atomic E-state index is 0.366. The maximum Gasteiger partial charge on any atom is 0.157 e. The van der Waals surface area contributed by atoms with Crippen molar-refractivity contribution in [2.75, 3.05) is 12.5 Å². The summed E-state index contributed by atoms with van der Waals surface area (Å²) in [4.78, 5) is 0. The van der Waals surface area contributed by atoms with E-state index in [-0.39, 0.29) is 0 Å². The first-order chi connectivity index (χ1) is 6.74. The number of aromatic nitrogens is 2. The molecule has 0 aliphatic rings. The molecule has 1 heterocycles. The van der Waals surface area contributed by atoms with E-state index in [1.807, 2.05) is 23.0 Å². The Kier molecular flexibility index (Phi) is 4.53. The van der Waals surface area contributed by atoms with Crippen molar-refractivity contribution < 1.29 is 4.74 Å². The lowest BCUT2D eigenvalue weighted by molar-refractivity contribution is 0.361. The van der Waals surface area contributed by atoms with Crippen LogP contribution in [0.25, 0.3) is 0 Å². The van der Waals surface area contributed by atoms with Crippen molar-refractivity contribution in [2.24, 2.45) is 0 Å². The predicted molar refractivity (Wildman–Crippen MR) is 58.0 cm³/mol. The number of hydrogen-bond donors (Lipinski definition) is 0. The molecular weight excluding hydrogens is 200 g/mol. The van der Waals surface area contributed by atoms with Crippen LogP contribution in [0, 0.1) is 0 Å². The van der Waals surface area contributed by atoms with E-state index < -0.39 is 0 Å². The van der Waals surface area contributed by atoms with Crippen LogP contribution >= 0.6 is 11.6 Å². The lowest BCUT2D eigenvalue weighted by atomic mass is 10.4. The quantitative estimate of drug-likeness (QED) is 0.557. The molecule has 0 saturated heterocycles. The molecule has 0 spiro atoms. The van der Waals surface area contributed by atoms with Gasteiger partial charge >= 0.3 is 0 Å². The Hall–Kier alpha value is -0.960. The molecule has 1 aromatic heterocycles. The van der Waals surface area contributed by atoms with E-state index in [4.69, 9.17) is 16.3 Å². The molecule has 14 heavy (non-hydrogen) atoms. The minimum Gasteiger partial charge on any atom is -0.486 e. The fourth-order valence-corrected chi connectivity index (χ4v) is 1.08. The molecule has 0 aromatic carbocycles. The van der Waals surface area contributed by atoms with Gasteiger partial charge < -0.3 is 4.74 Å². The summed E-state index contributed by atoms with van der Waals surface area (Å²) in [5.41, 5.74) is 0. The molecule has 0 fully saturated rings. The van der Waals surface area contributed by atoms with Crippen molar-refractivity contribution in [1.29, 1.82) is 0 Å². The van der Waals surface area contributed by atoms with E-state index in [1.165, 1.54) is 0 Å². The van der Waals surface area contributed by atoms with Crippen molar-refractivity contribution in [1.82, 2.24) is 9.78 Å². The first-order valence-electron chi connectivity index (χ1n) is 4.62. The van der Waals surface area contributed by atoms with Crippen LogP contribution in [0.15, 0.2) is 24.5 Å². The molecule has 0 unspecified atom stereocenters. The van der Waals surface area contributed by atoms with E-state index in [0.29, 0.717) is 18.5 Å². The highest BCUT2D eigenvalue weighted by molar-refractivity contribution is 6.18.